The van der Waals surface area contributed by atoms with E-state index in [1.54, 1.807) is 23.7 Å². The van der Waals surface area contributed by atoms with Gasteiger partial charge in [-0.3, -0.25) is 4.98 Å². The van der Waals surface area contributed by atoms with Gasteiger partial charge in [0.1, 0.15) is 34.0 Å². The molecule has 2 saturated heterocycles. The number of aromatic nitrogens is 4. The lowest BCUT2D eigenvalue weighted by atomic mass is 10.2. The van der Waals surface area contributed by atoms with E-state index >= 15 is 0 Å². The Labute approximate surface area is 182 Å². The van der Waals surface area contributed by atoms with E-state index in [0.717, 1.165) is 46.0 Å². The van der Waals surface area contributed by atoms with E-state index < -0.39 is 0 Å². The minimum Gasteiger partial charge on any atom is -0.351 e. The first kappa shape index (κ1) is 18.6. The Morgan fingerprint density at radius 3 is 2.94 bits per heavy atom. The van der Waals surface area contributed by atoms with E-state index in [2.05, 4.69) is 30.5 Å². The van der Waals surface area contributed by atoms with Gasteiger partial charge in [-0.15, -0.1) is 11.3 Å². The molecule has 0 unspecified atom stereocenters. The summed E-state index contributed by atoms with van der Waals surface area (Å²) in [5.74, 6) is 1.37. The molecule has 0 spiro atoms. The maximum Gasteiger partial charge on any atom is 0.143 e. The zero-order chi connectivity index (χ0) is 20.9. The van der Waals surface area contributed by atoms with Gasteiger partial charge in [0.25, 0.3) is 0 Å². The third-order valence-electron chi connectivity index (χ3n) is 5.87. The number of thiazole rings is 1. The lowest BCUT2D eigenvalue weighted by Crippen LogP contribution is -2.44. The molecule has 2 fully saturated rings. The van der Waals surface area contributed by atoms with Crippen LogP contribution in [0.25, 0.3) is 20.9 Å². The monoisotopic (exact) mass is 433 g/mol. The molecule has 31 heavy (non-hydrogen) atoms. The molecular formula is C22H20FN7S. The molecule has 2 atom stereocenters. The summed E-state index contributed by atoms with van der Waals surface area (Å²) in [5, 5.41) is 7.47. The van der Waals surface area contributed by atoms with Crippen LogP contribution < -0.4 is 15.5 Å². The van der Waals surface area contributed by atoms with Gasteiger partial charge in [0.05, 0.1) is 10.2 Å². The number of fused-ring (bicyclic) bond motifs is 3. The average molecular weight is 434 g/mol. The molecule has 0 radical (unpaired) electrons. The van der Waals surface area contributed by atoms with Crippen molar-refractivity contribution in [3.63, 3.8) is 0 Å². The van der Waals surface area contributed by atoms with Crippen molar-refractivity contribution in [1.29, 1.82) is 0 Å². The molecular weight excluding hydrogens is 413 g/mol. The van der Waals surface area contributed by atoms with Gasteiger partial charge in [0.15, 0.2) is 0 Å². The summed E-state index contributed by atoms with van der Waals surface area (Å²) in [6.07, 6.45) is 4.64. The van der Waals surface area contributed by atoms with Crippen molar-refractivity contribution in [3.05, 3.63) is 54.1 Å². The summed E-state index contributed by atoms with van der Waals surface area (Å²) in [5.41, 5.74) is 2.78. The number of rotatable bonds is 4. The molecule has 2 aliphatic heterocycles. The number of nitrogens with one attached hydrogen (secondary N) is 2. The fraction of sp³-hybridized carbons (Fsp3) is 0.273. The van der Waals surface area contributed by atoms with E-state index in [4.69, 9.17) is 4.98 Å². The predicted octanol–water partition coefficient (Wildman–Crippen LogP) is 3.89. The Kier molecular flexibility index (Phi) is 4.32. The van der Waals surface area contributed by atoms with Crippen LogP contribution in [0.2, 0.25) is 0 Å². The molecule has 6 heterocycles. The molecule has 7 nitrogen and oxygen atoms in total. The third kappa shape index (κ3) is 3.39. The van der Waals surface area contributed by atoms with Crippen LogP contribution in [0.4, 0.5) is 21.8 Å². The molecule has 4 aromatic heterocycles. The van der Waals surface area contributed by atoms with E-state index in [-0.39, 0.29) is 5.82 Å². The smallest absolute Gasteiger partial charge is 0.143 e. The second-order valence-electron chi connectivity index (χ2n) is 8.03. The molecule has 2 N–H and O–H groups in total. The fourth-order valence-electron chi connectivity index (χ4n) is 4.38. The van der Waals surface area contributed by atoms with Gasteiger partial charge in [-0.05, 0) is 25.0 Å². The molecule has 6 rings (SSSR count). The summed E-state index contributed by atoms with van der Waals surface area (Å²) in [6.45, 7) is 3.81. The average Bonchev–Trinajstić information content (AvgIpc) is 3.49. The van der Waals surface area contributed by atoms with Crippen LogP contribution in [0, 0.1) is 12.7 Å². The van der Waals surface area contributed by atoms with Gasteiger partial charge in [-0.25, -0.2) is 19.3 Å². The maximum absolute atomic E-state index is 14.3. The highest BCUT2D eigenvalue weighted by molar-refractivity contribution is 7.21. The zero-order valence-corrected chi connectivity index (χ0v) is 17.7. The highest BCUT2D eigenvalue weighted by atomic mass is 32.1. The van der Waals surface area contributed by atoms with Crippen LogP contribution in [0.3, 0.4) is 0 Å². The van der Waals surface area contributed by atoms with Crippen LogP contribution in [0.1, 0.15) is 12.0 Å². The number of nitrogens with zero attached hydrogens (tertiary/aromatic N) is 5. The second-order valence-corrected chi connectivity index (χ2v) is 9.06. The highest BCUT2D eigenvalue weighted by Gasteiger charge is 2.38. The van der Waals surface area contributed by atoms with E-state index in [1.165, 1.54) is 12.1 Å². The van der Waals surface area contributed by atoms with Gasteiger partial charge in [0, 0.05) is 55.8 Å². The largest absolute Gasteiger partial charge is 0.351 e. The van der Waals surface area contributed by atoms with Crippen molar-refractivity contribution in [3.8, 4) is 10.7 Å². The molecule has 156 valence electrons. The first-order valence-corrected chi connectivity index (χ1v) is 11.1. The molecule has 4 aromatic rings. The summed E-state index contributed by atoms with van der Waals surface area (Å²) in [6, 6.07) is 9.55. The van der Waals surface area contributed by atoms with Crippen molar-refractivity contribution < 1.29 is 4.39 Å². The van der Waals surface area contributed by atoms with Crippen LogP contribution in [-0.2, 0) is 0 Å². The molecule has 0 aliphatic carbocycles. The Morgan fingerprint density at radius 2 is 2.13 bits per heavy atom. The standard InChI is InChI=1S/C22H20FN7S/c1-12-3-2-4-24-21(12)22-27-16-8-18(26-10-17(16)31-22)28-19-5-13(23)6-20(29-19)30-11-14-7-15(30)9-25-14/h2-6,8,10,14-15,25H,7,9,11H2,1H3,(H,26,28,29)/t14-,15-/m0/s1. The van der Waals surface area contributed by atoms with Crippen molar-refractivity contribution in [2.45, 2.75) is 25.4 Å². The number of hydrogen-bond acceptors (Lipinski definition) is 8. The van der Waals surface area contributed by atoms with Gasteiger partial charge in [-0.1, -0.05) is 6.07 Å². The van der Waals surface area contributed by atoms with Gasteiger partial charge < -0.3 is 15.5 Å². The van der Waals surface area contributed by atoms with Crippen molar-refractivity contribution >= 4 is 39.0 Å². The summed E-state index contributed by atoms with van der Waals surface area (Å²) >= 11 is 1.56. The summed E-state index contributed by atoms with van der Waals surface area (Å²) in [4.78, 5) is 20.5. The van der Waals surface area contributed by atoms with Crippen LogP contribution in [0.15, 0.2) is 42.7 Å². The number of aryl methyl sites for hydroxylation is 1. The van der Waals surface area contributed by atoms with Gasteiger partial charge in [0.2, 0.25) is 0 Å². The van der Waals surface area contributed by atoms with Crippen LogP contribution >= 0.6 is 11.3 Å². The van der Waals surface area contributed by atoms with Crippen LogP contribution in [-0.4, -0.2) is 45.1 Å². The van der Waals surface area contributed by atoms with Crippen molar-refractivity contribution in [2.75, 3.05) is 23.3 Å². The first-order valence-electron chi connectivity index (χ1n) is 10.3. The van der Waals surface area contributed by atoms with Crippen LogP contribution in [0.5, 0.6) is 0 Å². The molecule has 0 amide bonds. The SMILES string of the molecule is Cc1cccnc1-c1nc2cc(Nc3cc(F)cc(N4C[C@@H]5C[C@H]4CN5)n3)ncc2s1. The number of hydrogen-bond donors (Lipinski definition) is 2. The minimum absolute atomic E-state index is 0.314. The van der Waals surface area contributed by atoms with E-state index in [9.17, 15) is 4.39 Å². The summed E-state index contributed by atoms with van der Waals surface area (Å²) < 4.78 is 15.3. The third-order valence-corrected chi connectivity index (χ3v) is 6.88. The number of halogens is 1. The number of pyridine rings is 3. The number of anilines is 3. The Morgan fingerprint density at radius 1 is 1.19 bits per heavy atom. The molecule has 2 aliphatic rings. The Balaban J connectivity index is 1.29. The fourth-order valence-corrected chi connectivity index (χ4v) is 5.36. The molecule has 0 aromatic carbocycles. The molecule has 0 saturated carbocycles. The topological polar surface area (TPSA) is 78.9 Å². The first-order chi connectivity index (χ1) is 15.1. The van der Waals surface area contributed by atoms with Crippen molar-refractivity contribution in [2.24, 2.45) is 0 Å². The zero-order valence-electron chi connectivity index (χ0n) is 16.8. The lowest BCUT2D eigenvalue weighted by Gasteiger charge is -2.28. The minimum atomic E-state index is -0.314. The molecule has 2 bridgehead atoms. The molecule has 9 heteroatoms. The second kappa shape index (κ2) is 7.21. The Bertz CT molecular complexity index is 1290. The predicted molar refractivity (Wildman–Crippen MR) is 120 cm³/mol. The number of piperazine rings is 1. The Hall–Kier alpha value is -3.17. The summed E-state index contributed by atoms with van der Waals surface area (Å²) in [7, 11) is 0. The maximum atomic E-state index is 14.3. The van der Waals surface area contributed by atoms with E-state index in [0.29, 0.717) is 29.5 Å². The van der Waals surface area contributed by atoms with E-state index in [1.807, 2.05) is 25.1 Å². The van der Waals surface area contributed by atoms with Crippen molar-refractivity contribution in [1.82, 2.24) is 25.3 Å². The highest BCUT2D eigenvalue weighted by Crippen LogP contribution is 2.32. The normalized spacial score (nSPS) is 20.0. The quantitative estimate of drug-likeness (QED) is 0.505. The lowest BCUT2D eigenvalue weighted by molar-refractivity contribution is 0.572. The van der Waals surface area contributed by atoms with Gasteiger partial charge in [-0.2, -0.15) is 0 Å². The van der Waals surface area contributed by atoms with Gasteiger partial charge >= 0.3 is 0 Å².